The topological polar surface area (TPSA) is 93.7 Å². The third kappa shape index (κ3) is 4.08. The van der Waals surface area contributed by atoms with Gasteiger partial charge in [0.05, 0.1) is 24.8 Å². The Morgan fingerprint density at radius 1 is 1.33 bits per heavy atom. The molecule has 1 aliphatic rings. The molecule has 1 fully saturated rings. The summed E-state index contributed by atoms with van der Waals surface area (Å²) in [5.41, 5.74) is 0.418. The molecule has 1 saturated carbocycles. The van der Waals surface area contributed by atoms with E-state index in [0.29, 0.717) is 11.4 Å². The van der Waals surface area contributed by atoms with Gasteiger partial charge in [-0.25, -0.2) is 13.1 Å². The first-order valence-corrected chi connectivity index (χ1v) is 7.95. The Bertz CT molecular complexity index is 625. The van der Waals surface area contributed by atoms with Gasteiger partial charge in [-0.2, -0.15) is 0 Å². The summed E-state index contributed by atoms with van der Waals surface area (Å²) in [6.07, 6.45) is 1.73. The predicted molar refractivity (Wildman–Crippen MR) is 76.8 cm³/mol. The number of rotatable bonds is 7. The van der Waals surface area contributed by atoms with Gasteiger partial charge in [0.15, 0.2) is 0 Å². The van der Waals surface area contributed by atoms with E-state index in [4.69, 9.17) is 4.74 Å². The Morgan fingerprint density at radius 2 is 2.05 bits per heavy atom. The maximum absolute atomic E-state index is 12.2. The number of methoxy groups -OCH3 is 2. The molecule has 0 aromatic heterocycles. The lowest BCUT2D eigenvalue weighted by Crippen LogP contribution is -2.25. The summed E-state index contributed by atoms with van der Waals surface area (Å²) in [6, 6.07) is 4.48. The lowest BCUT2D eigenvalue weighted by molar-refractivity contribution is -0.138. The minimum Gasteiger partial charge on any atom is -0.495 e. The lowest BCUT2D eigenvalue weighted by Gasteiger charge is -2.13. The zero-order valence-electron chi connectivity index (χ0n) is 11.9. The van der Waals surface area contributed by atoms with Crippen molar-refractivity contribution < 1.29 is 22.7 Å². The van der Waals surface area contributed by atoms with E-state index in [1.807, 2.05) is 0 Å². The summed E-state index contributed by atoms with van der Waals surface area (Å²) < 4.78 is 36.6. The van der Waals surface area contributed by atoms with E-state index in [1.54, 1.807) is 6.07 Å². The molecule has 0 unspecified atom stereocenters. The lowest BCUT2D eigenvalue weighted by atomic mass is 10.3. The number of ether oxygens (including phenoxy) is 2. The molecule has 2 N–H and O–H groups in total. The highest BCUT2D eigenvalue weighted by Gasteiger charge is 2.28. The van der Waals surface area contributed by atoms with Crippen molar-refractivity contribution in [2.75, 3.05) is 26.1 Å². The zero-order valence-corrected chi connectivity index (χ0v) is 12.7. The fraction of sp³-hybridized carbons (Fsp3) is 0.462. The van der Waals surface area contributed by atoms with Gasteiger partial charge in [-0.3, -0.25) is 4.79 Å². The molecule has 0 heterocycles. The number of carbonyl (C=O) groups is 1. The van der Waals surface area contributed by atoms with Crippen molar-refractivity contribution in [3.63, 3.8) is 0 Å². The molecule has 0 spiro atoms. The third-order valence-corrected chi connectivity index (χ3v) is 4.55. The number of benzene rings is 1. The number of hydrogen-bond donors (Lipinski definition) is 2. The maximum Gasteiger partial charge on any atom is 0.325 e. The highest BCUT2D eigenvalue weighted by Crippen LogP contribution is 2.29. The largest absolute Gasteiger partial charge is 0.495 e. The van der Waals surface area contributed by atoms with Crippen LogP contribution in [-0.4, -0.2) is 41.2 Å². The quantitative estimate of drug-likeness (QED) is 0.720. The van der Waals surface area contributed by atoms with Gasteiger partial charge in [-0.15, -0.1) is 0 Å². The Labute approximate surface area is 123 Å². The number of hydrogen-bond acceptors (Lipinski definition) is 6. The predicted octanol–water partition coefficient (Wildman–Crippen LogP) is 0.721. The molecule has 8 heteroatoms. The zero-order chi connectivity index (χ0) is 15.5. The standard InChI is InChI=1S/C13H18N2O5S/c1-19-12-6-5-10(21(17,18)15-9-3-4-9)7-11(12)14-8-13(16)20-2/h5-7,9,14-15H,3-4,8H2,1-2H3. The van der Waals surface area contributed by atoms with Crippen LogP contribution in [0.25, 0.3) is 0 Å². The number of nitrogens with one attached hydrogen (secondary N) is 2. The minimum absolute atomic E-state index is 0.0311. The first-order valence-electron chi connectivity index (χ1n) is 6.47. The van der Waals surface area contributed by atoms with Gasteiger partial charge in [0.25, 0.3) is 0 Å². The van der Waals surface area contributed by atoms with Crippen LogP contribution in [-0.2, 0) is 19.6 Å². The molecule has 0 radical (unpaired) electrons. The summed E-state index contributed by atoms with van der Waals surface area (Å²) in [5, 5.41) is 2.80. The van der Waals surface area contributed by atoms with Crippen molar-refractivity contribution in [2.24, 2.45) is 0 Å². The van der Waals surface area contributed by atoms with Crippen LogP contribution in [0.4, 0.5) is 5.69 Å². The summed E-state index contributed by atoms with van der Waals surface area (Å²) >= 11 is 0. The molecule has 21 heavy (non-hydrogen) atoms. The summed E-state index contributed by atoms with van der Waals surface area (Å²) in [6.45, 7) is -0.0770. The van der Waals surface area contributed by atoms with E-state index in [2.05, 4.69) is 14.8 Å². The van der Waals surface area contributed by atoms with Crippen molar-refractivity contribution in [3.8, 4) is 5.75 Å². The van der Waals surface area contributed by atoms with E-state index < -0.39 is 16.0 Å². The Kier molecular flexibility index (Phi) is 4.69. The second-order valence-electron chi connectivity index (χ2n) is 4.69. The van der Waals surface area contributed by atoms with Crippen molar-refractivity contribution in [2.45, 2.75) is 23.8 Å². The first-order chi connectivity index (χ1) is 9.96. The molecule has 0 atom stereocenters. The summed E-state index contributed by atoms with van der Waals surface area (Å²) in [5.74, 6) is -0.00862. The van der Waals surface area contributed by atoms with Crippen molar-refractivity contribution in [1.82, 2.24) is 4.72 Å². The SMILES string of the molecule is COC(=O)CNc1cc(S(=O)(=O)NC2CC2)ccc1OC. The normalized spacial score (nSPS) is 14.6. The highest BCUT2D eigenvalue weighted by atomic mass is 32.2. The van der Waals surface area contributed by atoms with Crippen LogP contribution in [0, 0.1) is 0 Å². The molecule has 0 amide bonds. The maximum atomic E-state index is 12.2. The molecule has 1 aromatic rings. The molecule has 7 nitrogen and oxygen atoms in total. The molecular weight excluding hydrogens is 296 g/mol. The average Bonchev–Trinajstić information content (AvgIpc) is 3.27. The van der Waals surface area contributed by atoms with Gasteiger partial charge in [0.2, 0.25) is 10.0 Å². The number of esters is 1. The van der Waals surface area contributed by atoms with Crippen LogP contribution in [0.2, 0.25) is 0 Å². The first kappa shape index (κ1) is 15.6. The average molecular weight is 314 g/mol. The highest BCUT2D eigenvalue weighted by molar-refractivity contribution is 7.89. The van der Waals surface area contributed by atoms with Crippen LogP contribution >= 0.6 is 0 Å². The van der Waals surface area contributed by atoms with Crippen molar-refractivity contribution in [3.05, 3.63) is 18.2 Å². The number of anilines is 1. The number of carbonyl (C=O) groups excluding carboxylic acids is 1. The Hall–Kier alpha value is -1.80. The molecule has 0 bridgehead atoms. The van der Waals surface area contributed by atoms with Gasteiger partial charge >= 0.3 is 5.97 Å². The smallest absolute Gasteiger partial charge is 0.325 e. The van der Waals surface area contributed by atoms with E-state index in [9.17, 15) is 13.2 Å². The Balaban J connectivity index is 2.21. The molecule has 2 rings (SSSR count). The monoisotopic (exact) mass is 314 g/mol. The second kappa shape index (κ2) is 6.31. The van der Waals surface area contributed by atoms with E-state index in [1.165, 1.54) is 26.4 Å². The minimum atomic E-state index is -3.55. The van der Waals surface area contributed by atoms with E-state index in [0.717, 1.165) is 12.8 Å². The van der Waals surface area contributed by atoms with Crippen LogP contribution in [0.15, 0.2) is 23.1 Å². The fourth-order valence-corrected chi connectivity index (χ4v) is 3.05. The van der Waals surface area contributed by atoms with Crippen LogP contribution in [0.5, 0.6) is 5.75 Å². The third-order valence-electron chi connectivity index (χ3n) is 3.03. The van der Waals surface area contributed by atoms with Crippen LogP contribution in [0.3, 0.4) is 0 Å². The summed E-state index contributed by atoms with van der Waals surface area (Å²) in [7, 11) is -0.803. The van der Waals surface area contributed by atoms with Crippen LogP contribution in [0.1, 0.15) is 12.8 Å². The van der Waals surface area contributed by atoms with E-state index in [-0.39, 0.29) is 17.5 Å². The summed E-state index contributed by atoms with van der Waals surface area (Å²) in [4.78, 5) is 11.3. The molecule has 1 aliphatic carbocycles. The van der Waals surface area contributed by atoms with Gasteiger partial charge in [-0.05, 0) is 31.0 Å². The van der Waals surface area contributed by atoms with Gasteiger partial charge in [-0.1, -0.05) is 0 Å². The van der Waals surface area contributed by atoms with Crippen molar-refractivity contribution >= 4 is 21.7 Å². The fourth-order valence-electron chi connectivity index (χ4n) is 1.72. The van der Waals surface area contributed by atoms with Crippen molar-refractivity contribution in [1.29, 1.82) is 0 Å². The molecule has 1 aromatic carbocycles. The molecule has 0 saturated heterocycles. The van der Waals surface area contributed by atoms with Gasteiger partial charge in [0.1, 0.15) is 12.3 Å². The van der Waals surface area contributed by atoms with Gasteiger partial charge in [0, 0.05) is 6.04 Å². The second-order valence-corrected chi connectivity index (χ2v) is 6.40. The molecular formula is C13H18N2O5S. The van der Waals surface area contributed by atoms with Crippen LogP contribution < -0.4 is 14.8 Å². The molecule has 0 aliphatic heterocycles. The Morgan fingerprint density at radius 3 is 2.62 bits per heavy atom. The number of sulfonamides is 1. The van der Waals surface area contributed by atoms with E-state index >= 15 is 0 Å². The van der Waals surface area contributed by atoms with Gasteiger partial charge < -0.3 is 14.8 Å². The molecule has 116 valence electrons.